The molecule has 0 saturated carbocycles. The van der Waals surface area contributed by atoms with Crippen LogP contribution in [0.3, 0.4) is 0 Å². The molecule has 0 atom stereocenters. The number of sulfonamides is 1. The van der Waals surface area contributed by atoms with Crippen molar-refractivity contribution in [2.45, 2.75) is 44.7 Å². The van der Waals surface area contributed by atoms with Crippen LogP contribution in [0.15, 0.2) is 29.2 Å². The largest absolute Gasteiger partial charge is 0.382 e. The monoisotopic (exact) mass is 256 g/mol. The lowest BCUT2D eigenvalue weighted by molar-refractivity contribution is 0.570. The average Bonchev–Trinajstić information content (AvgIpc) is 2.15. The molecule has 96 valence electrons. The molecule has 0 aliphatic rings. The van der Waals surface area contributed by atoms with E-state index < -0.39 is 10.0 Å². The average molecular weight is 256 g/mol. The summed E-state index contributed by atoms with van der Waals surface area (Å²) in [5.41, 5.74) is 0.635. The van der Waals surface area contributed by atoms with E-state index in [9.17, 15) is 8.42 Å². The van der Waals surface area contributed by atoms with Gasteiger partial charge in [-0.2, -0.15) is 0 Å². The molecule has 0 saturated heterocycles. The van der Waals surface area contributed by atoms with E-state index in [1.807, 2.05) is 19.9 Å². The minimum atomic E-state index is -3.45. The maximum Gasteiger partial charge on any atom is 0.242 e. The smallest absolute Gasteiger partial charge is 0.242 e. The number of benzene rings is 1. The third kappa shape index (κ3) is 4.02. The number of nitrogens with one attached hydrogen (secondary N) is 2. The van der Waals surface area contributed by atoms with Gasteiger partial charge < -0.3 is 5.32 Å². The van der Waals surface area contributed by atoms with Crippen molar-refractivity contribution >= 4 is 15.7 Å². The van der Waals surface area contributed by atoms with E-state index >= 15 is 0 Å². The highest BCUT2D eigenvalue weighted by molar-refractivity contribution is 7.89. The second kappa shape index (κ2) is 5.51. The minimum absolute atomic E-state index is 0.118. The maximum absolute atomic E-state index is 12.1. The molecule has 0 radical (unpaired) electrons. The Bertz CT molecular complexity index is 467. The SMILES string of the molecule is CC(C)Nc1ccccc1S(=O)(=O)NC(C)C. The molecule has 1 rings (SSSR count). The number of anilines is 1. The summed E-state index contributed by atoms with van der Waals surface area (Å²) in [6.07, 6.45) is 0. The third-order valence-electron chi connectivity index (χ3n) is 2.01. The molecule has 0 fully saturated rings. The lowest BCUT2D eigenvalue weighted by atomic mass is 10.3. The third-order valence-corrected chi connectivity index (χ3v) is 3.73. The van der Waals surface area contributed by atoms with Crippen LogP contribution >= 0.6 is 0 Å². The van der Waals surface area contributed by atoms with Crippen LogP contribution in [0.1, 0.15) is 27.7 Å². The Morgan fingerprint density at radius 3 is 2.12 bits per heavy atom. The normalized spacial score (nSPS) is 12.1. The molecule has 0 aliphatic carbocycles. The molecule has 2 N–H and O–H groups in total. The first-order valence-electron chi connectivity index (χ1n) is 5.71. The van der Waals surface area contributed by atoms with Crippen molar-refractivity contribution in [3.8, 4) is 0 Å². The number of rotatable bonds is 5. The Morgan fingerprint density at radius 2 is 1.59 bits per heavy atom. The topological polar surface area (TPSA) is 58.2 Å². The van der Waals surface area contributed by atoms with Gasteiger partial charge in [0.1, 0.15) is 4.90 Å². The Kier molecular flexibility index (Phi) is 4.54. The molecule has 1 aromatic carbocycles. The Balaban J connectivity index is 3.13. The van der Waals surface area contributed by atoms with E-state index in [0.717, 1.165) is 0 Å². The van der Waals surface area contributed by atoms with Crippen LogP contribution in [0.2, 0.25) is 0 Å². The van der Waals surface area contributed by atoms with Gasteiger partial charge in [0.15, 0.2) is 0 Å². The summed E-state index contributed by atoms with van der Waals surface area (Å²) in [4.78, 5) is 0.294. The quantitative estimate of drug-likeness (QED) is 0.849. The van der Waals surface area contributed by atoms with Gasteiger partial charge in [-0.15, -0.1) is 0 Å². The van der Waals surface area contributed by atoms with E-state index in [2.05, 4.69) is 10.0 Å². The summed E-state index contributed by atoms with van der Waals surface area (Å²) in [6, 6.07) is 6.99. The first-order valence-corrected chi connectivity index (χ1v) is 7.19. The van der Waals surface area contributed by atoms with Gasteiger partial charge in [-0.05, 0) is 39.8 Å². The van der Waals surface area contributed by atoms with Crippen molar-refractivity contribution in [3.05, 3.63) is 24.3 Å². The predicted molar refractivity (Wildman–Crippen MR) is 70.7 cm³/mol. The molecule has 0 amide bonds. The number of para-hydroxylation sites is 1. The van der Waals surface area contributed by atoms with Crippen molar-refractivity contribution in [2.24, 2.45) is 0 Å². The maximum atomic E-state index is 12.1. The minimum Gasteiger partial charge on any atom is -0.382 e. The molecule has 0 spiro atoms. The summed E-state index contributed by atoms with van der Waals surface area (Å²) in [7, 11) is -3.45. The molecular formula is C12H20N2O2S. The Hall–Kier alpha value is -1.07. The molecule has 0 aromatic heterocycles. The summed E-state index contributed by atoms with van der Waals surface area (Å²) in [6.45, 7) is 7.55. The van der Waals surface area contributed by atoms with E-state index in [1.54, 1.807) is 32.0 Å². The zero-order chi connectivity index (χ0) is 13.1. The van der Waals surface area contributed by atoms with Crippen LogP contribution in [0.4, 0.5) is 5.69 Å². The van der Waals surface area contributed by atoms with E-state index in [1.165, 1.54) is 0 Å². The molecule has 0 unspecified atom stereocenters. The van der Waals surface area contributed by atoms with Gasteiger partial charge in [-0.25, -0.2) is 13.1 Å². The standard InChI is InChI=1S/C12H20N2O2S/c1-9(2)13-11-7-5-6-8-12(11)17(15,16)14-10(3)4/h5-10,13-14H,1-4H3. The lowest BCUT2D eigenvalue weighted by Crippen LogP contribution is -2.31. The molecule has 0 bridgehead atoms. The number of hydrogen-bond acceptors (Lipinski definition) is 3. The Morgan fingerprint density at radius 1 is 1.00 bits per heavy atom. The van der Waals surface area contributed by atoms with E-state index in [0.29, 0.717) is 10.6 Å². The van der Waals surface area contributed by atoms with Crippen LogP contribution in [-0.4, -0.2) is 20.5 Å². The predicted octanol–water partition coefficient (Wildman–Crippen LogP) is 2.19. The van der Waals surface area contributed by atoms with Crippen molar-refractivity contribution < 1.29 is 8.42 Å². The fraction of sp³-hybridized carbons (Fsp3) is 0.500. The van der Waals surface area contributed by atoms with Crippen LogP contribution < -0.4 is 10.0 Å². The van der Waals surface area contributed by atoms with Gasteiger partial charge >= 0.3 is 0 Å². The lowest BCUT2D eigenvalue weighted by Gasteiger charge is -2.16. The van der Waals surface area contributed by atoms with Crippen LogP contribution in [-0.2, 0) is 10.0 Å². The van der Waals surface area contributed by atoms with Gasteiger partial charge in [0.05, 0.1) is 5.69 Å². The van der Waals surface area contributed by atoms with Gasteiger partial charge in [0.2, 0.25) is 10.0 Å². The van der Waals surface area contributed by atoms with Gasteiger partial charge in [0.25, 0.3) is 0 Å². The van der Waals surface area contributed by atoms with Crippen molar-refractivity contribution in [1.29, 1.82) is 0 Å². The summed E-state index contributed by atoms with van der Waals surface area (Å²) in [5, 5.41) is 3.13. The zero-order valence-corrected chi connectivity index (χ0v) is 11.5. The summed E-state index contributed by atoms with van der Waals surface area (Å²) in [5.74, 6) is 0. The highest BCUT2D eigenvalue weighted by Gasteiger charge is 2.19. The number of hydrogen-bond donors (Lipinski definition) is 2. The van der Waals surface area contributed by atoms with Crippen molar-refractivity contribution in [3.63, 3.8) is 0 Å². The van der Waals surface area contributed by atoms with Crippen molar-refractivity contribution in [1.82, 2.24) is 4.72 Å². The molecule has 0 heterocycles. The molecule has 17 heavy (non-hydrogen) atoms. The molecule has 5 heteroatoms. The fourth-order valence-electron chi connectivity index (χ4n) is 1.51. The van der Waals surface area contributed by atoms with E-state index in [-0.39, 0.29) is 12.1 Å². The van der Waals surface area contributed by atoms with E-state index in [4.69, 9.17) is 0 Å². The first-order chi connectivity index (χ1) is 7.83. The fourth-order valence-corrected chi connectivity index (χ4v) is 2.93. The molecule has 4 nitrogen and oxygen atoms in total. The highest BCUT2D eigenvalue weighted by atomic mass is 32.2. The van der Waals surface area contributed by atoms with Gasteiger partial charge in [0, 0.05) is 12.1 Å². The molecule has 0 aliphatic heterocycles. The van der Waals surface area contributed by atoms with Gasteiger partial charge in [-0.1, -0.05) is 12.1 Å². The summed E-state index contributed by atoms with van der Waals surface area (Å²) < 4.78 is 26.8. The van der Waals surface area contributed by atoms with Crippen LogP contribution in [0.5, 0.6) is 0 Å². The molecule has 1 aromatic rings. The second-order valence-corrected chi connectivity index (χ2v) is 6.25. The first kappa shape index (κ1) is 14.0. The van der Waals surface area contributed by atoms with Crippen molar-refractivity contribution in [2.75, 3.05) is 5.32 Å². The second-order valence-electron chi connectivity index (χ2n) is 4.57. The van der Waals surface area contributed by atoms with Crippen LogP contribution in [0.25, 0.3) is 0 Å². The van der Waals surface area contributed by atoms with Gasteiger partial charge in [-0.3, -0.25) is 0 Å². The Labute approximate surface area is 103 Å². The highest BCUT2D eigenvalue weighted by Crippen LogP contribution is 2.21. The zero-order valence-electron chi connectivity index (χ0n) is 10.7. The summed E-state index contributed by atoms with van der Waals surface area (Å²) >= 11 is 0. The molecular weight excluding hydrogens is 236 g/mol. The van der Waals surface area contributed by atoms with Crippen LogP contribution in [0, 0.1) is 0 Å².